The van der Waals surface area contributed by atoms with E-state index in [4.69, 9.17) is 14.9 Å². The van der Waals surface area contributed by atoms with E-state index < -0.39 is 17.6 Å². The molecule has 3 aromatic rings. The summed E-state index contributed by atoms with van der Waals surface area (Å²) in [6.45, 7) is 2.82. The van der Waals surface area contributed by atoms with Gasteiger partial charge in [-0.3, -0.25) is 4.68 Å². The molecule has 1 N–H and O–H groups in total. The number of hydrogen-bond donors (Lipinski definition) is 1. The summed E-state index contributed by atoms with van der Waals surface area (Å²) in [6, 6.07) is 13.8. The van der Waals surface area contributed by atoms with E-state index in [1.54, 1.807) is 6.07 Å². The molecule has 0 unspecified atom stereocenters. The molecular weight excluding hydrogens is 426 g/mol. The summed E-state index contributed by atoms with van der Waals surface area (Å²) in [5.74, 6) is -1.90. The highest BCUT2D eigenvalue weighted by atomic mass is 19.2. The average molecular weight is 455 g/mol. The van der Waals surface area contributed by atoms with Crippen molar-refractivity contribution in [1.29, 1.82) is 0 Å². The van der Waals surface area contributed by atoms with Crippen LogP contribution in [0.5, 0.6) is 0 Å². The summed E-state index contributed by atoms with van der Waals surface area (Å²) in [5, 5.41) is 13.6. The lowest BCUT2D eigenvalue weighted by Crippen LogP contribution is -2.23. The van der Waals surface area contributed by atoms with Gasteiger partial charge in [-0.2, -0.15) is 5.10 Å². The van der Waals surface area contributed by atoms with E-state index in [1.165, 1.54) is 6.07 Å². The van der Waals surface area contributed by atoms with E-state index in [2.05, 4.69) is 0 Å². The van der Waals surface area contributed by atoms with Crippen molar-refractivity contribution in [2.45, 2.75) is 39.2 Å². The molecular formula is C26H28F2N2O3. The third-order valence-electron chi connectivity index (χ3n) is 6.45. The zero-order chi connectivity index (χ0) is 23.4. The highest BCUT2D eigenvalue weighted by Crippen LogP contribution is 2.37. The summed E-state index contributed by atoms with van der Waals surface area (Å²) in [5.41, 5.74) is 3.15. The van der Waals surface area contributed by atoms with Crippen molar-refractivity contribution in [2.24, 2.45) is 11.8 Å². The van der Waals surface area contributed by atoms with E-state index >= 15 is 0 Å². The molecule has 33 heavy (non-hydrogen) atoms. The third kappa shape index (κ3) is 5.30. The van der Waals surface area contributed by atoms with Crippen molar-refractivity contribution in [3.05, 3.63) is 65.9 Å². The lowest BCUT2D eigenvalue weighted by Gasteiger charge is -2.28. The molecule has 7 heteroatoms. The van der Waals surface area contributed by atoms with Gasteiger partial charge in [-0.15, -0.1) is 0 Å². The first-order chi connectivity index (χ1) is 15.9. The molecule has 5 nitrogen and oxygen atoms in total. The SMILES string of the molecule is Cc1c(-c2cccc(F)c2F)c(-c2ccccc2)nn1C[C@H]1CC[C@@H](COCC(=O)O)CC1. The molecule has 0 aliphatic heterocycles. The van der Waals surface area contributed by atoms with Crippen molar-refractivity contribution in [2.75, 3.05) is 13.2 Å². The van der Waals surface area contributed by atoms with Crippen LogP contribution in [0.4, 0.5) is 8.78 Å². The Labute approximate surface area is 192 Å². The van der Waals surface area contributed by atoms with E-state index in [-0.39, 0.29) is 12.2 Å². The summed E-state index contributed by atoms with van der Waals surface area (Å²) < 4.78 is 36.0. The maximum atomic E-state index is 14.8. The van der Waals surface area contributed by atoms with Gasteiger partial charge in [0.05, 0.1) is 6.61 Å². The second kappa shape index (κ2) is 10.3. The molecule has 1 fully saturated rings. The van der Waals surface area contributed by atoms with Gasteiger partial charge in [0.2, 0.25) is 0 Å². The molecule has 0 saturated heterocycles. The van der Waals surface area contributed by atoms with Gasteiger partial charge < -0.3 is 9.84 Å². The van der Waals surface area contributed by atoms with Crippen molar-refractivity contribution < 1.29 is 23.4 Å². The number of carbonyl (C=O) groups is 1. The molecule has 1 heterocycles. The number of carboxylic acid groups (broad SMARTS) is 1. The Hall–Kier alpha value is -3.06. The Morgan fingerprint density at radius 3 is 2.45 bits per heavy atom. The molecule has 0 amide bonds. The molecule has 0 bridgehead atoms. The van der Waals surface area contributed by atoms with E-state index in [0.29, 0.717) is 36.2 Å². The summed E-state index contributed by atoms with van der Waals surface area (Å²) in [4.78, 5) is 10.6. The number of aliphatic carboxylic acids is 1. The van der Waals surface area contributed by atoms with Gasteiger partial charge in [-0.25, -0.2) is 13.6 Å². The first-order valence-corrected chi connectivity index (χ1v) is 11.3. The average Bonchev–Trinajstić information content (AvgIpc) is 3.13. The number of ether oxygens (including phenoxy) is 1. The molecule has 0 spiro atoms. The molecule has 1 aromatic heterocycles. The van der Waals surface area contributed by atoms with E-state index in [1.807, 2.05) is 41.9 Å². The molecule has 2 aromatic carbocycles. The minimum atomic E-state index is -0.947. The van der Waals surface area contributed by atoms with Crippen LogP contribution in [0.3, 0.4) is 0 Å². The standard InChI is InChI=1S/C26H28F2N2O3/c1-17-24(21-8-5-9-22(27)25(21)28)26(20-6-3-2-4-7-20)29-30(17)14-18-10-12-19(13-11-18)15-33-16-23(31)32/h2-9,18-19H,10-16H2,1H3,(H,31,32)/t18-,19+. The van der Waals surface area contributed by atoms with Crippen molar-refractivity contribution in [3.63, 3.8) is 0 Å². The molecule has 0 atom stereocenters. The van der Waals surface area contributed by atoms with E-state index in [0.717, 1.165) is 43.0 Å². The minimum Gasteiger partial charge on any atom is -0.480 e. The smallest absolute Gasteiger partial charge is 0.329 e. The molecule has 1 aliphatic carbocycles. The number of benzene rings is 2. The molecule has 4 rings (SSSR count). The fraction of sp³-hybridized carbons (Fsp3) is 0.385. The topological polar surface area (TPSA) is 64.4 Å². The Bertz CT molecular complexity index is 1110. The predicted molar refractivity (Wildman–Crippen MR) is 122 cm³/mol. The summed E-state index contributed by atoms with van der Waals surface area (Å²) in [6.07, 6.45) is 3.93. The maximum Gasteiger partial charge on any atom is 0.329 e. The summed E-state index contributed by atoms with van der Waals surface area (Å²) in [7, 11) is 0. The Balaban J connectivity index is 1.56. The number of rotatable bonds is 8. The molecule has 0 radical (unpaired) electrons. The maximum absolute atomic E-state index is 14.8. The van der Waals surface area contributed by atoms with Crippen LogP contribution < -0.4 is 0 Å². The monoisotopic (exact) mass is 454 g/mol. The summed E-state index contributed by atoms with van der Waals surface area (Å²) >= 11 is 0. The van der Waals surface area contributed by atoms with Crippen LogP contribution in [-0.2, 0) is 16.1 Å². The number of hydrogen-bond acceptors (Lipinski definition) is 3. The van der Waals surface area contributed by atoms with Crippen LogP contribution in [0.15, 0.2) is 48.5 Å². The zero-order valence-corrected chi connectivity index (χ0v) is 18.6. The minimum absolute atomic E-state index is 0.219. The van der Waals surface area contributed by atoms with Crippen LogP contribution in [0.1, 0.15) is 31.4 Å². The normalized spacial score (nSPS) is 18.4. The van der Waals surface area contributed by atoms with Gasteiger partial charge in [-0.1, -0.05) is 42.5 Å². The van der Waals surface area contributed by atoms with Gasteiger partial charge in [0, 0.05) is 28.9 Å². The largest absolute Gasteiger partial charge is 0.480 e. The quantitative estimate of drug-likeness (QED) is 0.473. The van der Waals surface area contributed by atoms with Gasteiger partial charge in [0.25, 0.3) is 0 Å². The highest BCUT2D eigenvalue weighted by Gasteiger charge is 2.26. The lowest BCUT2D eigenvalue weighted by atomic mass is 9.82. The lowest BCUT2D eigenvalue weighted by molar-refractivity contribution is -0.142. The van der Waals surface area contributed by atoms with Crippen LogP contribution in [0.2, 0.25) is 0 Å². The van der Waals surface area contributed by atoms with Crippen LogP contribution >= 0.6 is 0 Å². The molecule has 1 aliphatic rings. The Kier molecular flexibility index (Phi) is 7.18. The van der Waals surface area contributed by atoms with Gasteiger partial charge in [0.15, 0.2) is 11.6 Å². The zero-order valence-electron chi connectivity index (χ0n) is 18.6. The number of nitrogens with zero attached hydrogens (tertiary/aromatic N) is 2. The Morgan fingerprint density at radius 1 is 1.06 bits per heavy atom. The number of aromatic nitrogens is 2. The van der Waals surface area contributed by atoms with Crippen LogP contribution in [-0.4, -0.2) is 34.1 Å². The van der Waals surface area contributed by atoms with Crippen molar-refractivity contribution in [1.82, 2.24) is 9.78 Å². The second-order valence-electron chi connectivity index (χ2n) is 8.75. The third-order valence-corrected chi connectivity index (χ3v) is 6.45. The van der Waals surface area contributed by atoms with Crippen LogP contribution in [0.25, 0.3) is 22.4 Å². The first-order valence-electron chi connectivity index (χ1n) is 11.3. The van der Waals surface area contributed by atoms with Crippen molar-refractivity contribution >= 4 is 5.97 Å². The van der Waals surface area contributed by atoms with Gasteiger partial charge >= 0.3 is 5.97 Å². The number of halogens is 2. The Morgan fingerprint density at radius 2 is 1.76 bits per heavy atom. The van der Waals surface area contributed by atoms with Crippen molar-refractivity contribution in [3.8, 4) is 22.4 Å². The highest BCUT2D eigenvalue weighted by molar-refractivity contribution is 5.83. The fourth-order valence-electron chi connectivity index (χ4n) is 4.68. The fourth-order valence-corrected chi connectivity index (χ4v) is 4.68. The molecule has 174 valence electrons. The first kappa shape index (κ1) is 23.1. The van der Waals surface area contributed by atoms with Gasteiger partial charge in [-0.05, 0) is 50.5 Å². The van der Waals surface area contributed by atoms with Gasteiger partial charge in [0.1, 0.15) is 12.3 Å². The second-order valence-corrected chi connectivity index (χ2v) is 8.75. The van der Waals surface area contributed by atoms with E-state index in [9.17, 15) is 13.6 Å². The van der Waals surface area contributed by atoms with Crippen LogP contribution in [0, 0.1) is 30.4 Å². The molecule has 1 saturated carbocycles. The number of carboxylic acids is 1. The predicted octanol–water partition coefficient (Wildman–Crippen LogP) is 5.71.